The number of rotatable bonds is 4. The molecule has 2 unspecified atom stereocenters. The summed E-state index contributed by atoms with van der Waals surface area (Å²) in [6, 6.07) is 6.28. The summed E-state index contributed by atoms with van der Waals surface area (Å²) in [5.41, 5.74) is 1.24. The van der Waals surface area contributed by atoms with Gasteiger partial charge >= 0.3 is 0 Å². The van der Waals surface area contributed by atoms with Gasteiger partial charge in [0.25, 0.3) is 0 Å². The molecular formula is C12H17BrClN. The zero-order chi connectivity index (χ0) is 11.4. The standard InChI is InChI=1S/C12H17BrClN/c1-4-8(2)12(15-3)10-7-9(14)5-6-11(10)13/h5-8,12,15H,4H2,1-3H3. The van der Waals surface area contributed by atoms with Crippen LogP contribution in [0.3, 0.4) is 0 Å². The summed E-state index contributed by atoms with van der Waals surface area (Å²) in [5.74, 6) is 0.588. The monoisotopic (exact) mass is 289 g/mol. The first-order valence-electron chi connectivity index (χ1n) is 5.22. The summed E-state index contributed by atoms with van der Waals surface area (Å²) in [6.07, 6.45) is 1.14. The Morgan fingerprint density at radius 3 is 2.67 bits per heavy atom. The number of benzene rings is 1. The molecule has 0 spiro atoms. The molecule has 84 valence electrons. The van der Waals surface area contributed by atoms with Gasteiger partial charge in [-0.1, -0.05) is 47.8 Å². The molecule has 0 aliphatic carbocycles. The maximum Gasteiger partial charge on any atom is 0.0410 e. The highest BCUT2D eigenvalue weighted by Crippen LogP contribution is 2.31. The molecule has 0 fully saturated rings. The van der Waals surface area contributed by atoms with Crippen molar-refractivity contribution in [3.63, 3.8) is 0 Å². The summed E-state index contributed by atoms with van der Waals surface area (Å²) < 4.78 is 1.12. The highest BCUT2D eigenvalue weighted by atomic mass is 79.9. The Morgan fingerprint density at radius 2 is 2.13 bits per heavy atom. The summed E-state index contributed by atoms with van der Waals surface area (Å²) in [4.78, 5) is 0. The Bertz CT molecular complexity index is 327. The zero-order valence-corrected chi connectivity index (χ0v) is 11.7. The van der Waals surface area contributed by atoms with Gasteiger partial charge in [-0.15, -0.1) is 0 Å². The fourth-order valence-corrected chi connectivity index (χ4v) is 2.41. The van der Waals surface area contributed by atoms with E-state index in [1.807, 2.05) is 25.2 Å². The topological polar surface area (TPSA) is 12.0 Å². The molecule has 0 bridgehead atoms. The second-order valence-corrected chi connectivity index (χ2v) is 5.11. The van der Waals surface area contributed by atoms with E-state index < -0.39 is 0 Å². The molecule has 2 atom stereocenters. The number of halogens is 2. The SMILES string of the molecule is CCC(C)C(NC)c1cc(Cl)ccc1Br. The van der Waals surface area contributed by atoms with Crippen LogP contribution in [0.2, 0.25) is 5.02 Å². The van der Waals surface area contributed by atoms with Gasteiger partial charge in [0.05, 0.1) is 0 Å². The van der Waals surface area contributed by atoms with E-state index in [0.717, 1.165) is 15.9 Å². The predicted molar refractivity (Wildman–Crippen MR) is 70.4 cm³/mol. The molecule has 0 heterocycles. The van der Waals surface area contributed by atoms with Crippen LogP contribution in [-0.4, -0.2) is 7.05 Å². The van der Waals surface area contributed by atoms with Gasteiger partial charge in [0, 0.05) is 15.5 Å². The number of nitrogens with one attached hydrogen (secondary N) is 1. The van der Waals surface area contributed by atoms with E-state index in [1.54, 1.807) is 0 Å². The van der Waals surface area contributed by atoms with Crippen molar-refractivity contribution in [2.45, 2.75) is 26.3 Å². The van der Waals surface area contributed by atoms with Crippen molar-refractivity contribution in [3.05, 3.63) is 33.3 Å². The van der Waals surface area contributed by atoms with Crippen LogP contribution in [0.15, 0.2) is 22.7 Å². The zero-order valence-electron chi connectivity index (χ0n) is 9.35. The van der Waals surface area contributed by atoms with Gasteiger partial charge in [0.15, 0.2) is 0 Å². The van der Waals surface area contributed by atoms with Crippen molar-refractivity contribution < 1.29 is 0 Å². The number of hydrogen-bond donors (Lipinski definition) is 1. The molecule has 0 aromatic heterocycles. The van der Waals surface area contributed by atoms with Crippen LogP contribution in [0.1, 0.15) is 31.9 Å². The lowest BCUT2D eigenvalue weighted by molar-refractivity contribution is 0.399. The largest absolute Gasteiger partial charge is 0.313 e. The summed E-state index contributed by atoms with van der Waals surface area (Å²) >= 11 is 9.59. The maximum atomic E-state index is 6.02. The molecular weight excluding hydrogens is 273 g/mol. The third-order valence-electron chi connectivity index (χ3n) is 2.82. The van der Waals surface area contributed by atoms with Crippen molar-refractivity contribution in [1.29, 1.82) is 0 Å². The minimum absolute atomic E-state index is 0.350. The molecule has 0 amide bonds. The van der Waals surface area contributed by atoms with Crippen LogP contribution in [0, 0.1) is 5.92 Å². The fourth-order valence-electron chi connectivity index (χ4n) is 1.74. The van der Waals surface area contributed by atoms with Crippen molar-refractivity contribution >= 4 is 27.5 Å². The average molecular weight is 291 g/mol. The first-order chi connectivity index (χ1) is 7.10. The van der Waals surface area contributed by atoms with Crippen LogP contribution in [0.25, 0.3) is 0 Å². The first-order valence-corrected chi connectivity index (χ1v) is 6.39. The molecule has 1 rings (SSSR count). The van der Waals surface area contributed by atoms with E-state index in [-0.39, 0.29) is 0 Å². The molecule has 0 radical (unpaired) electrons. The Morgan fingerprint density at radius 1 is 1.47 bits per heavy atom. The molecule has 3 heteroatoms. The molecule has 0 saturated carbocycles. The highest BCUT2D eigenvalue weighted by Gasteiger charge is 2.18. The van der Waals surface area contributed by atoms with Crippen LogP contribution >= 0.6 is 27.5 Å². The lowest BCUT2D eigenvalue weighted by atomic mass is 9.93. The lowest BCUT2D eigenvalue weighted by Crippen LogP contribution is -2.23. The lowest BCUT2D eigenvalue weighted by Gasteiger charge is -2.24. The Hall–Kier alpha value is -0.0500. The molecule has 1 aromatic carbocycles. The first kappa shape index (κ1) is 13.0. The van der Waals surface area contributed by atoms with E-state index in [9.17, 15) is 0 Å². The van der Waals surface area contributed by atoms with Crippen LogP contribution in [0.5, 0.6) is 0 Å². The van der Waals surface area contributed by atoms with E-state index in [0.29, 0.717) is 12.0 Å². The van der Waals surface area contributed by atoms with Gasteiger partial charge in [-0.3, -0.25) is 0 Å². The normalized spacial score (nSPS) is 15.0. The molecule has 0 saturated heterocycles. The minimum atomic E-state index is 0.350. The van der Waals surface area contributed by atoms with Gasteiger partial charge in [-0.2, -0.15) is 0 Å². The molecule has 0 aliphatic heterocycles. The molecule has 1 nitrogen and oxygen atoms in total. The van der Waals surface area contributed by atoms with Gasteiger partial charge in [0.2, 0.25) is 0 Å². The Kier molecular flexibility index (Phi) is 5.10. The Balaban J connectivity index is 3.05. The fraction of sp³-hybridized carbons (Fsp3) is 0.500. The van der Waals surface area contributed by atoms with Crippen LogP contribution in [-0.2, 0) is 0 Å². The predicted octanol–water partition coefficient (Wildman–Crippen LogP) is 4.41. The number of hydrogen-bond acceptors (Lipinski definition) is 1. The second-order valence-electron chi connectivity index (χ2n) is 3.82. The summed E-state index contributed by atoms with van der Waals surface area (Å²) in [6.45, 7) is 4.45. The van der Waals surface area contributed by atoms with Crippen molar-refractivity contribution in [2.75, 3.05) is 7.05 Å². The van der Waals surface area contributed by atoms with E-state index >= 15 is 0 Å². The Labute approximate surface area is 105 Å². The molecule has 1 N–H and O–H groups in total. The maximum absolute atomic E-state index is 6.02. The average Bonchev–Trinajstić information content (AvgIpc) is 2.23. The minimum Gasteiger partial charge on any atom is -0.313 e. The third-order valence-corrected chi connectivity index (χ3v) is 3.77. The van der Waals surface area contributed by atoms with Gasteiger partial charge in [-0.25, -0.2) is 0 Å². The third kappa shape index (κ3) is 3.20. The van der Waals surface area contributed by atoms with E-state index in [2.05, 4.69) is 35.1 Å². The van der Waals surface area contributed by atoms with Crippen LogP contribution in [0.4, 0.5) is 0 Å². The van der Waals surface area contributed by atoms with E-state index in [1.165, 1.54) is 5.56 Å². The van der Waals surface area contributed by atoms with Crippen molar-refractivity contribution in [2.24, 2.45) is 5.92 Å². The summed E-state index contributed by atoms with van der Waals surface area (Å²) in [7, 11) is 1.99. The quantitative estimate of drug-likeness (QED) is 0.866. The van der Waals surface area contributed by atoms with Crippen molar-refractivity contribution in [1.82, 2.24) is 5.32 Å². The van der Waals surface area contributed by atoms with E-state index in [4.69, 9.17) is 11.6 Å². The highest BCUT2D eigenvalue weighted by molar-refractivity contribution is 9.10. The molecule has 0 aliphatic rings. The van der Waals surface area contributed by atoms with Crippen molar-refractivity contribution in [3.8, 4) is 0 Å². The van der Waals surface area contributed by atoms with Gasteiger partial charge in [0.1, 0.15) is 0 Å². The van der Waals surface area contributed by atoms with Crippen LogP contribution < -0.4 is 5.32 Å². The smallest absolute Gasteiger partial charge is 0.0410 e. The summed E-state index contributed by atoms with van der Waals surface area (Å²) in [5, 5.41) is 4.14. The van der Waals surface area contributed by atoms with Gasteiger partial charge < -0.3 is 5.32 Å². The second kappa shape index (κ2) is 5.88. The molecule has 1 aromatic rings. The van der Waals surface area contributed by atoms with Gasteiger partial charge in [-0.05, 0) is 36.7 Å². The molecule has 15 heavy (non-hydrogen) atoms.